The van der Waals surface area contributed by atoms with Crippen molar-refractivity contribution in [1.29, 1.82) is 0 Å². The van der Waals surface area contributed by atoms with Gasteiger partial charge in [0.2, 0.25) is 0 Å². The molecule has 1 nitrogen and oxygen atoms in total. The van der Waals surface area contributed by atoms with Crippen LogP contribution in [0, 0.1) is 23.6 Å². The van der Waals surface area contributed by atoms with Crippen LogP contribution in [0.1, 0.15) is 95.5 Å². The molecule has 0 heterocycles. The van der Waals surface area contributed by atoms with Crippen molar-refractivity contribution in [2.75, 3.05) is 6.61 Å². The van der Waals surface area contributed by atoms with Gasteiger partial charge < -0.3 is 4.74 Å². The maximum atomic E-state index is 14.7. The Bertz CT molecular complexity index is 642. The van der Waals surface area contributed by atoms with Crippen LogP contribution in [0.2, 0.25) is 5.02 Å². The largest absolute Gasteiger partial charge is 0.490 e. The summed E-state index contributed by atoms with van der Waals surface area (Å²) in [7, 11) is 0. The van der Waals surface area contributed by atoms with Crippen LogP contribution < -0.4 is 4.74 Å². The minimum absolute atomic E-state index is 0.283. The fourth-order valence-electron chi connectivity index (χ4n) is 5.50. The van der Waals surface area contributed by atoms with Gasteiger partial charge in [-0.25, -0.2) is 4.39 Å². The van der Waals surface area contributed by atoms with Gasteiger partial charge in [-0.15, -0.1) is 6.58 Å². The molecule has 0 bridgehead atoms. The van der Waals surface area contributed by atoms with Crippen molar-refractivity contribution in [2.24, 2.45) is 17.8 Å². The summed E-state index contributed by atoms with van der Waals surface area (Å²) >= 11 is 6.43. The molecule has 2 fully saturated rings. The SMILES string of the molecule is C=CCCC1CCC(C2CCC(c3ccc(OCCCC)c(F)c3Cl)CC2)CC1. The zero-order valence-corrected chi connectivity index (χ0v) is 18.9. The highest BCUT2D eigenvalue weighted by Crippen LogP contribution is 2.46. The Morgan fingerprint density at radius 3 is 2.34 bits per heavy atom. The number of halogens is 2. The maximum Gasteiger partial charge on any atom is 0.183 e. The summed E-state index contributed by atoms with van der Waals surface area (Å²) in [5.41, 5.74) is 0.985. The lowest BCUT2D eigenvalue weighted by molar-refractivity contribution is 0.157. The van der Waals surface area contributed by atoms with Crippen molar-refractivity contribution < 1.29 is 9.13 Å². The molecule has 3 heteroatoms. The molecule has 2 aliphatic carbocycles. The molecule has 0 amide bonds. The third-order valence-corrected chi connectivity index (χ3v) is 7.77. The lowest BCUT2D eigenvalue weighted by atomic mass is 9.68. The average molecular weight is 421 g/mol. The molecule has 162 valence electrons. The minimum atomic E-state index is -0.375. The van der Waals surface area contributed by atoms with Gasteiger partial charge in [-0.2, -0.15) is 0 Å². The predicted molar refractivity (Wildman–Crippen MR) is 121 cm³/mol. The minimum Gasteiger partial charge on any atom is -0.490 e. The van der Waals surface area contributed by atoms with E-state index in [1.54, 1.807) is 6.07 Å². The Labute approximate surface area is 182 Å². The quantitative estimate of drug-likeness (QED) is 0.286. The van der Waals surface area contributed by atoms with Gasteiger partial charge in [-0.1, -0.05) is 49.9 Å². The van der Waals surface area contributed by atoms with Gasteiger partial charge in [0.25, 0.3) is 0 Å². The fourth-order valence-corrected chi connectivity index (χ4v) is 5.81. The topological polar surface area (TPSA) is 9.23 Å². The molecule has 29 heavy (non-hydrogen) atoms. The second kappa shape index (κ2) is 11.4. The van der Waals surface area contributed by atoms with E-state index in [-0.39, 0.29) is 10.8 Å². The molecule has 2 saturated carbocycles. The van der Waals surface area contributed by atoms with Gasteiger partial charge in [-0.05, 0) is 93.1 Å². The van der Waals surface area contributed by atoms with Crippen LogP contribution in [0.5, 0.6) is 5.75 Å². The van der Waals surface area contributed by atoms with Gasteiger partial charge in [0, 0.05) is 0 Å². The normalized spacial score (nSPS) is 27.6. The summed E-state index contributed by atoms with van der Waals surface area (Å²) in [6.07, 6.45) is 16.9. The average Bonchev–Trinajstić information content (AvgIpc) is 2.76. The Balaban J connectivity index is 1.50. The zero-order valence-electron chi connectivity index (χ0n) is 18.1. The summed E-state index contributed by atoms with van der Waals surface area (Å²) in [4.78, 5) is 0. The highest BCUT2D eigenvalue weighted by molar-refractivity contribution is 6.31. The van der Waals surface area contributed by atoms with Crippen LogP contribution in [0.4, 0.5) is 4.39 Å². The predicted octanol–water partition coefficient (Wildman–Crippen LogP) is 8.70. The number of ether oxygens (including phenoxy) is 1. The van der Waals surface area contributed by atoms with Crippen molar-refractivity contribution in [2.45, 2.75) is 89.9 Å². The summed E-state index contributed by atoms with van der Waals surface area (Å²) in [5.74, 6) is 2.99. The lowest BCUT2D eigenvalue weighted by Crippen LogP contribution is -2.25. The van der Waals surface area contributed by atoms with E-state index in [1.165, 1.54) is 51.4 Å². The van der Waals surface area contributed by atoms with Gasteiger partial charge >= 0.3 is 0 Å². The van der Waals surface area contributed by atoms with Crippen molar-refractivity contribution in [3.8, 4) is 5.75 Å². The molecule has 0 atom stereocenters. The van der Waals surface area contributed by atoms with Crippen LogP contribution in [-0.2, 0) is 0 Å². The Kier molecular flexibility index (Phi) is 8.90. The first-order valence-corrected chi connectivity index (χ1v) is 12.2. The Morgan fingerprint density at radius 2 is 1.72 bits per heavy atom. The molecule has 0 N–H and O–H groups in total. The molecular weight excluding hydrogens is 383 g/mol. The van der Waals surface area contributed by atoms with Crippen molar-refractivity contribution in [1.82, 2.24) is 0 Å². The standard InChI is InChI=1S/C26H38ClFO/c1-3-5-7-19-8-10-20(11-9-19)21-12-14-22(15-13-21)23-16-17-24(26(28)25(23)27)29-18-6-4-2/h3,16-17,19-22H,1,4-15,18H2,2H3. The van der Waals surface area contributed by atoms with Crippen molar-refractivity contribution in [3.05, 3.63) is 41.2 Å². The third kappa shape index (κ3) is 6.00. The van der Waals surface area contributed by atoms with E-state index < -0.39 is 0 Å². The van der Waals surface area contributed by atoms with Crippen LogP contribution in [0.3, 0.4) is 0 Å². The van der Waals surface area contributed by atoms with Crippen LogP contribution >= 0.6 is 11.6 Å². The van der Waals surface area contributed by atoms with E-state index >= 15 is 0 Å². The summed E-state index contributed by atoms with van der Waals surface area (Å²) < 4.78 is 20.2. The molecule has 1 aromatic carbocycles. The highest BCUT2D eigenvalue weighted by atomic mass is 35.5. The number of rotatable bonds is 9. The molecule has 2 aliphatic rings. The highest BCUT2D eigenvalue weighted by Gasteiger charge is 2.32. The number of hydrogen-bond donors (Lipinski definition) is 0. The first kappa shape index (κ1) is 22.7. The van der Waals surface area contributed by atoms with Gasteiger partial charge in [-0.3, -0.25) is 0 Å². The van der Waals surface area contributed by atoms with E-state index in [4.69, 9.17) is 16.3 Å². The van der Waals surface area contributed by atoms with E-state index in [0.717, 1.165) is 49.0 Å². The summed E-state index contributed by atoms with van der Waals surface area (Å²) in [6.45, 7) is 6.50. The maximum absolute atomic E-state index is 14.7. The smallest absolute Gasteiger partial charge is 0.183 e. The van der Waals surface area contributed by atoms with Crippen LogP contribution in [-0.4, -0.2) is 6.61 Å². The van der Waals surface area contributed by atoms with Gasteiger partial charge in [0.1, 0.15) is 0 Å². The number of allylic oxidation sites excluding steroid dienone is 1. The third-order valence-electron chi connectivity index (χ3n) is 7.38. The Hall–Kier alpha value is -1.02. The van der Waals surface area contributed by atoms with Crippen LogP contribution in [0.25, 0.3) is 0 Å². The van der Waals surface area contributed by atoms with E-state index in [0.29, 0.717) is 18.3 Å². The second-order valence-corrected chi connectivity index (χ2v) is 9.62. The molecule has 0 saturated heterocycles. The van der Waals surface area contributed by atoms with Gasteiger partial charge in [0.05, 0.1) is 11.6 Å². The van der Waals surface area contributed by atoms with Crippen molar-refractivity contribution >= 4 is 11.6 Å². The van der Waals surface area contributed by atoms with Gasteiger partial charge in [0.15, 0.2) is 11.6 Å². The molecule has 3 rings (SSSR count). The Morgan fingerprint density at radius 1 is 1.07 bits per heavy atom. The number of hydrogen-bond acceptors (Lipinski definition) is 1. The number of benzene rings is 1. The van der Waals surface area contributed by atoms with Crippen LogP contribution in [0.15, 0.2) is 24.8 Å². The first-order valence-electron chi connectivity index (χ1n) is 11.9. The molecule has 0 aromatic heterocycles. The van der Waals surface area contributed by atoms with E-state index in [2.05, 4.69) is 19.6 Å². The molecule has 0 radical (unpaired) electrons. The molecule has 1 aromatic rings. The fraction of sp³-hybridized carbons (Fsp3) is 0.692. The first-order chi connectivity index (χ1) is 14.1. The molecule has 0 spiro atoms. The monoisotopic (exact) mass is 420 g/mol. The molecule has 0 aliphatic heterocycles. The number of unbranched alkanes of at least 4 members (excludes halogenated alkanes) is 1. The molecule has 0 unspecified atom stereocenters. The zero-order chi connectivity index (χ0) is 20.6. The van der Waals surface area contributed by atoms with E-state index in [1.807, 2.05) is 6.07 Å². The van der Waals surface area contributed by atoms with Crippen molar-refractivity contribution in [3.63, 3.8) is 0 Å². The lowest BCUT2D eigenvalue weighted by Gasteiger charge is -2.38. The van der Waals surface area contributed by atoms with E-state index in [9.17, 15) is 4.39 Å². The second-order valence-electron chi connectivity index (χ2n) is 9.24. The molecular formula is C26H38ClFO. The summed E-state index contributed by atoms with van der Waals surface area (Å²) in [5, 5.41) is 0.283. The summed E-state index contributed by atoms with van der Waals surface area (Å²) in [6, 6.07) is 3.78.